The Bertz CT molecular complexity index is 468. The molecule has 24 heavy (non-hydrogen) atoms. The molecule has 1 atom stereocenters. The molecule has 0 amide bonds. The summed E-state index contributed by atoms with van der Waals surface area (Å²) in [5.41, 5.74) is -3.85. The number of rotatable bonds is 5. The molecule has 0 spiro atoms. The van der Waals surface area contributed by atoms with Gasteiger partial charge in [-0.2, -0.15) is 13.2 Å². The second-order valence-electron chi connectivity index (χ2n) is 8.07. The maximum atomic E-state index is 13.4. The smallest absolute Gasteiger partial charge is 0.407 e. The molecule has 0 radical (unpaired) electrons. The third kappa shape index (κ3) is 2.38. The molecule has 0 aromatic carbocycles. The number of halogens is 4. The van der Waals surface area contributed by atoms with Crippen LogP contribution in [0.1, 0.15) is 58.8 Å². The topological polar surface area (TPSA) is 26.3 Å². The van der Waals surface area contributed by atoms with E-state index in [2.05, 4.69) is 0 Å². The quantitative estimate of drug-likeness (QED) is 0.511. The van der Waals surface area contributed by atoms with E-state index >= 15 is 0 Å². The average molecular weight is 350 g/mol. The summed E-state index contributed by atoms with van der Waals surface area (Å²) in [6.07, 6.45) is -0.154. The lowest BCUT2D eigenvalue weighted by Gasteiger charge is -2.60. The number of alkyl halides is 4. The van der Waals surface area contributed by atoms with Gasteiger partial charge >= 0.3 is 12.1 Å². The Morgan fingerprint density at radius 1 is 1.04 bits per heavy atom. The predicted molar refractivity (Wildman–Crippen MR) is 80.9 cm³/mol. The van der Waals surface area contributed by atoms with Crippen LogP contribution in [0.3, 0.4) is 0 Å². The SMILES string of the molecule is CCC1(OC(=O)C(CC)(CF)C(F)(F)F)C2CC3CC(C2)CC1C3. The van der Waals surface area contributed by atoms with Crippen molar-refractivity contribution in [3.63, 3.8) is 0 Å². The van der Waals surface area contributed by atoms with E-state index in [0.717, 1.165) is 25.7 Å². The second-order valence-corrected chi connectivity index (χ2v) is 8.07. The van der Waals surface area contributed by atoms with Crippen molar-refractivity contribution in [3.8, 4) is 0 Å². The van der Waals surface area contributed by atoms with Gasteiger partial charge in [0.1, 0.15) is 12.3 Å². The number of ether oxygens (including phenoxy) is 1. The molecule has 2 nitrogen and oxygen atoms in total. The zero-order valence-corrected chi connectivity index (χ0v) is 14.3. The summed E-state index contributed by atoms with van der Waals surface area (Å²) in [5.74, 6) is 0.0840. The number of carbonyl (C=O) groups excluding carboxylic acids is 1. The van der Waals surface area contributed by atoms with Crippen molar-refractivity contribution in [1.29, 1.82) is 0 Å². The highest BCUT2D eigenvalue weighted by atomic mass is 19.4. The lowest BCUT2D eigenvalue weighted by molar-refractivity contribution is -0.262. The molecule has 138 valence electrons. The first-order chi connectivity index (χ1) is 11.2. The van der Waals surface area contributed by atoms with Crippen LogP contribution < -0.4 is 0 Å². The van der Waals surface area contributed by atoms with Gasteiger partial charge in [0.25, 0.3) is 0 Å². The van der Waals surface area contributed by atoms with Crippen molar-refractivity contribution in [1.82, 2.24) is 0 Å². The number of hydrogen-bond acceptors (Lipinski definition) is 2. The maximum absolute atomic E-state index is 13.4. The van der Waals surface area contributed by atoms with Crippen LogP contribution in [-0.2, 0) is 9.53 Å². The molecular weight excluding hydrogens is 324 g/mol. The Hall–Kier alpha value is -0.810. The first-order valence-corrected chi connectivity index (χ1v) is 9.08. The largest absolute Gasteiger partial charge is 0.458 e. The molecule has 0 aromatic rings. The van der Waals surface area contributed by atoms with Crippen molar-refractivity contribution in [2.45, 2.75) is 70.6 Å². The Balaban J connectivity index is 1.89. The monoisotopic (exact) mass is 350 g/mol. The Labute approximate surface area is 140 Å². The van der Waals surface area contributed by atoms with Crippen LogP contribution in [-0.4, -0.2) is 24.4 Å². The van der Waals surface area contributed by atoms with Gasteiger partial charge < -0.3 is 4.74 Å². The van der Waals surface area contributed by atoms with Gasteiger partial charge in [0.15, 0.2) is 5.41 Å². The lowest BCUT2D eigenvalue weighted by Crippen LogP contribution is -2.61. The lowest BCUT2D eigenvalue weighted by atomic mass is 9.49. The van der Waals surface area contributed by atoms with E-state index in [1.165, 1.54) is 13.3 Å². The minimum absolute atomic E-state index is 0.130. The van der Waals surface area contributed by atoms with Crippen molar-refractivity contribution in [2.75, 3.05) is 6.67 Å². The summed E-state index contributed by atoms with van der Waals surface area (Å²) in [5, 5.41) is 0. The van der Waals surface area contributed by atoms with Crippen molar-refractivity contribution in [2.24, 2.45) is 29.1 Å². The van der Waals surface area contributed by atoms with Gasteiger partial charge in [0.2, 0.25) is 0 Å². The van der Waals surface area contributed by atoms with Crippen LogP contribution in [0.25, 0.3) is 0 Å². The summed E-state index contributed by atoms with van der Waals surface area (Å²) >= 11 is 0. The molecule has 1 unspecified atom stereocenters. The number of hydrogen-bond donors (Lipinski definition) is 0. The van der Waals surface area contributed by atoms with Crippen LogP contribution in [0.5, 0.6) is 0 Å². The summed E-state index contributed by atoms with van der Waals surface area (Å²) in [4.78, 5) is 12.5. The number of esters is 1. The van der Waals surface area contributed by atoms with Crippen LogP contribution in [0.2, 0.25) is 0 Å². The third-order valence-corrected chi connectivity index (χ3v) is 7.12. The minimum atomic E-state index is -4.94. The van der Waals surface area contributed by atoms with E-state index in [1.54, 1.807) is 0 Å². The zero-order chi connectivity index (χ0) is 17.8. The Morgan fingerprint density at radius 3 is 1.88 bits per heavy atom. The molecular formula is C18H26F4O2. The summed E-state index contributed by atoms with van der Waals surface area (Å²) in [6.45, 7) is 1.32. The van der Waals surface area contributed by atoms with Gasteiger partial charge in [-0.15, -0.1) is 0 Å². The third-order valence-electron chi connectivity index (χ3n) is 7.12. The first-order valence-electron chi connectivity index (χ1n) is 9.08. The highest BCUT2D eigenvalue weighted by Gasteiger charge is 2.64. The molecule has 4 bridgehead atoms. The molecule has 4 fully saturated rings. The fourth-order valence-electron chi connectivity index (χ4n) is 5.75. The van der Waals surface area contributed by atoms with Crippen molar-refractivity contribution >= 4 is 5.97 Å². The fourth-order valence-corrected chi connectivity index (χ4v) is 5.75. The molecule has 0 heterocycles. The summed E-state index contributed by atoms with van der Waals surface area (Å²) < 4.78 is 59.3. The van der Waals surface area contributed by atoms with E-state index in [0.29, 0.717) is 18.3 Å². The first kappa shape index (κ1) is 18.0. The number of carbonyl (C=O) groups is 1. The molecule has 4 saturated carbocycles. The van der Waals surface area contributed by atoms with Gasteiger partial charge in [-0.1, -0.05) is 13.8 Å². The standard InChI is InChI=1S/C18H26F4O2/c1-3-16(10-19,18(20,21)22)15(23)24-17(4-2)13-6-11-5-12(8-13)9-14(17)7-11/h11-14H,3-10H2,1-2H3. The van der Waals surface area contributed by atoms with Crippen molar-refractivity contribution in [3.05, 3.63) is 0 Å². The van der Waals surface area contributed by atoms with Gasteiger partial charge in [-0.3, -0.25) is 4.79 Å². The highest BCUT2D eigenvalue weighted by Crippen LogP contribution is 2.61. The summed E-state index contributed by atoms with van der Waals surface area (Å²) in [7, 11) is 0. The van der Waals surface area contributed by atoms with Crippen LogP contribution in [0.4, 0.5) is 17.6 Å². The minimum Gasteiger partial charge on any atom is -0.458 e. The van der Waals surface area contributed by atoms with E-state index in [9.17, 15) is 22.4 Å². The van der Waals surface area contributed by atoms with Gasteiger partial charge in [-0.25, -0.2) is 4.39 Å². The highest BCUT2D eigenvalue weighted by molar-refractivity contribution is 5.78. The van der Waals surface area contributed by atoms with E-state index < -0.39 is 36.3 Å². The van der Waals surface area contributed by atoms with E-state index in [4.69, 9.17) is 4.74 Å². The van der Waals surface area contributed by atoms with Gasteiger partial charge in [0, 0.05) is 0 Å². The van der Waals surface area contributed by atoms with Crippen LogP contribution in [0, 0.1) is 29.1 Å². The maximum Gasteiger partial charge on any atom is 0.407 e. The molecule has 0 aromatic heterocycles. The molecule has 0 saturated heterocycles. The molecule has 0 N–H and O–H groups in total. The molecule has 4 rings (SSSR count). The summed E-state index contributed by atoms with van der Waals surface area (Å²) in [6, 6.07) is 0. The Kier molecular flexibility index (Phi) is 4.40. The second kappa shape index (κ2) is 5.87. The van der Waals surface area contributed by atoms with Crippen LogP contribution in [0.15, 0.2) is 0 Å². The Morgan fingerprint density at radius 2 is 1.54 bits per heavy atom. The van der Waals surface area contributed by atoms with E-state index in [1.807, 2.05) is 6.92 Å². The molecule has 4 aliphatic carbocycles. The van der Waals surface area contributed by atoms with Crippen molar-refractivity contribution < 1.29 is 27.1 Å². The zero-order valence-electron chi connectivity index (χ0n) is 14.3. The average Bonchev–Trinajstić information content (AvgIpc) is 2.50. The normalized spacial score (nSPS) is 40.4. The predicted octanol–water partition coefficient (Wildman–Crippen LogP) is 5.06. The van der Waals surface area contributed by atoms with Crippen LogP contribution >= 0.6 is 0 Å². The molecule has 4 aliphatic rings. The fraction of sp³-hybridized carbons (Fsp3) is 0.944. The molecule has 6 heteroatoms. The van der Waals surface area contributed by atoms with E-state index in [-0.39, 0.29) is 11.8 Å². The van der Waals surface area contributed by atoms with Gasteiger partial charge in [0.05, 0.1) is 0 Å². The van der Waals surface area contributed by atoms with Gasteiger partial charge in [-0.05, 0) is 68.6 Å². The molecule has 0 aliphatic heterocycles.